The zero-order valence-corrected chi connectivity index (χ0v) is 11.1. The van der Waals surface area contributed by atoms with Crippen LogP contribution in [0.15, 0.2) is 35.7 Å². The molecular formula is C15H17NOS. The first-order valence-corrected chi connectivity index (χ1v) is 7.30. The normalized spacial score (nSPS) is 16.0. The maximum Gasteiger partial charge on any atom is 0.119 e. The summed E-state index contributed by atoms with van der Waals surface area (Å²) < 4.78 is 5.95. The number of ether oxygens (including phenoxy) is 1. The lowest BCUT2D eigenvalue weighted by atomic mass is 10.1. The van der Waals surface area contributed by atoms with Crippen LogP contribution in [0.4, 0.5) is 5.00 Å². The van der Waals surface area contributed by atoms with Gasteiger partial charge in [0.05, 0.1) is 11.1 Å². The molecule has 2 N–H and O–H groups in total. The minimum atomic E-state index is 0.424. The van der Waals surface area contributed by atoms with E-state index >= 15 is 0 Å². The number of nitrogen functional groups attached to an aromatic ring is 1. The first-order valence-electron chi connectivity index (χ1n) is 6.42. The van der Waals surface area contributed by atoms with E-state index in [1.165, 1.54) is 36.8 Å². The number of thiophene rings is 1. The molecule has 3 rings (SSSR count). The SMILES string of the molecule is Nc1cc(-c2ccc(OC3CCCC3)cc2)cs1. The third-order valence-electron chi connectivity index (χ3n) is 3.41. The van der Waals surface area contributed by atoms with Gasteiger partial charge in [-0.3, -0.25) is 0 Å². The van der Waals surface area contributed by atoms with Gasteiger partial charge in [-0.1, -0.05) is 12.1 Å². The monoisotopic (exact) mass is 259 g/mol. The molecule has 0 saturated heterocycles. The maximum atomic E-state index is 5.95. The van der Waals surface area contributed by atoms with Crippen LogP contribution in [0.25, 0.3) is 11.1 Å². The van der Waals surface area contributed by atoms with Gasteiger partial charge >= 0.3 is 0 Å². The highest BCUT2D eigenvalue weighted by Gasteiger charge is 2.16. The Labute approximate surface area is 111 Å². The average Bonchev–Trinajstić information content (AvgIpc) is 3.02. The third kappa shape index (κ3) is 2.51. The smallest absolute Gasteiger partial charge is 0.119 e. The summed E-state index contributed by atoms with van der Waals surface area (Å²) in [6.07, 6.45) is 5.42. The fraction of sp³-hybridized carbons (Fsp3) is 0.333. The molecule has 0 spiro atoms. The molecule has 1 aromatic carbocycles. The van der Waals surface area contributed by atoms with Gasteiger partial charge < -0.3 is 10.5 Å². The highest BCUT2D eigenvalue weighted by molar-refractivity contribution is 7.14. The molecule has 0 bridgehead atoms. The van der Waals surface area contributed by atoms with Crippen molar-refractivity contribution in [3.05, 3.63) is 35.7 Å². The Morgan fingerprint density at radius 1 is 1.06 bits per heavy atom. The van der Waals surface area contributed by atoms with Crippen molar-refractivity contribution in [3.63, 3.8) is 0 Å². The Kier molecular flexibility index (Phi) is 3.24. The Morgan fingerprint density at radius 2 is 1.78 bits per heavy atom. The second kappa shape index (κ2) is 5.02. The summed E-state index contributed by atoms with van der Waals surface area (Å²) in [6.45, 7) is 0. The van der Waals surface area contributed by atoms with E-state index in [0.29, 0.717) is 6.10 Å². The molecule has 0 atom stereocenters. The average molecular weight is 259 g/mol. The molecule has 2 aromatic rings. The summed E-state index contributed by atoms with van der Waals surface area (Å²) in [5, 5.41) is 2.94. The molecule has 0 radical (unpaired) electrons. The van der Waals surface area contributed by atoms with Crippen LogP contribution in [0.5, 0.6) is 5.75 Å². The minimum absolute atomic E-state index is 0.424. The lowest BCUT2D eigenvalue weighted by Gasteiger charge is -2.13. The van der Waals surface area contributed by atoms with E-state index in [1.807, 2.05) is 6.07 Å². The molecule has 0 aliphatic heterocycles. The molecule has 3 heteroatoms. The molecule has 94 valence electrons. The zero-order valence-electron chi connectivity index (χ0n) is 10.3. The maximum absolute atomic E-state index is 5.95. The van der Waals surface area contributed by atoms with E-state index in [1.54, 1.807) is 11.3 Å². The van der Waals surface area contributed by atoms with Crippen molar-refractivity contribution in [2.75, 3.05) is 5.73 Å². The Hall–Kier alpha value is -1.48. The van der Waals surface area contributed by atoms with Crippen molar-refractivity contribution in [1.82, 2.24) is 0 Å². The molecular weight excluding hydrogens is 242 g/mol. The predicted octanol–water partition coefficient (Wildman–Crippen LogP) is 4.32. The van der Waals surface area contributed by atoms with Gasteiger partial charge in [0.2, 0.25) is 0 Å². The van der Waals surface area contributed by atoms with E-state index in [0.717, 1.165) is 10.8 Å². The quantitative estimate of drug-likeness (QED) is 0.891. The highest BCUT2D eigenvalue weighted by Crippen LogP contribution is 2.29. The number of hydrogen-bond donors (Lipinski definition) is 1. The Morgan fingerprint density at radius 3 is 2.39 bits per heavy atom. The fourth-order valence-corrected chi connectivity index (χ4v) is 3.09. The molecule has 0 unspecified atom stereocenters. The second-order valence-electron chi connectivity index (χ2n) is 4.79. The van der Waals surface area contributed by atoms with Gasteiger partial charge in [-0.2, -0.15) is 0 Å². The number of rotatable bonds is 3. The summed E-state index contributed by atoms with van der Waals surface area (Å²) in [5.74, 6) is 0.980. The van der Waals surface area contributed by atoms with Crippen LogP contribution >= 0.6 is 11.3 Å². The number of nitrogens with two attached hydrogens (primary N) is 1. The first-order chi connectivity index (χ1) is 8.81. The summed E-state index contributed by atoms with van der Waals surface area (Å²) >= 11 is 1.58. The molecule has 18 heavy (non-hydrogen) atoms. The predicted molar refractivity (Wildman–Crippen MR) is 77.1 cm³/mol. The van der Waals surface area contributed by atoms with Crippen molar-refractivity contribution in [3.8, 4) is 16.9 Å². The number of hydrogen-bond acceptors (Lipinski definition) is 3. The van der Waals surface area contributed by atoms with Crippen LogP contribution in [-0.4, -0.2) is 6.10 Å². The molecule has 1 aromatic heterocycles. The largest absolute Gasteiger partial charge is 0.490 e. The summed E-state index contributed by atoms with van der Waals surface area (Å²) in [5.41, 5.74) is 8.13. The lowest BCUT2D eigenvalue weighted by Crippen LogP contribution is -2.10. The van der Waals surface area contributed by atoms with Crippen LogP contribution in [0, 0.1) is 0 Å². The summed E-state index contributed by atoms with van der Waals surface area (Å²) in [7, 11) is 0. The van der Waals surface area contributed by atoms with Gasteiger partial charge in [0, 0.05) is 5.38 Å². The molecule has 1 heterocycles. The van der Waals surface area contributed by atoms with Crippen LogP contribution in [-0.2, 0) is 0 Å². The van der Waals surface area contributed by atoms with E-state index < -0.39 is 0 Å². The third-order valence-corrected chi connectivity index (χ3v) is 4.17. The standard InChI is InChI=1S/C15H17NOS/c16-15-9-12(10-18-15)11-5-7-14(8-6-11)17-13-3-1-2-4-13/h5-10,13H,1-4,16H2. The highest BCUT2D eigenvalue weighted by atomic mass is 32.1. The van der Waals surface area contributed by atoms with Crippen molar-refractivity contribution in [1.29, 1.82) is 0 Å². The number of anilines is 1. The minimum Gasteiger partial charge on any atom is -0.490 e. The summed E-state index contributed by atoms with van der Waals surface area (Å²) in [4.78, 5) is 0. The fourth-order valence-electron chi connectivity index (χ4n) is 2.43. The van der Waals surface area contributed by atoms with Crippen molar-refractivity contribution < 1.29 is 4.74 Å². The molecule has 2 nitrogen and oxygen atoms in total. The van der Waals surface area contributed by atoms with Crippen molar-refractivity contribution in [2.24, 2.45) is 0 Å². The second-order valence-corrected chi connectivity index (χ2v) is 5.73. The molecule has 1 saturated carbocycles. The molecule has 1 fully saturated rings. The Balaban J connectivity index is 1.72. The molecule has 1 aliphatic rings. The van der Waals surface area contributed by atoms with Crippen molar-refractivity contribution in [2.45, 2.75) is 31.8 Å². The van der Waals surface area contributed by atoms with Gasteiger partial charge in [-0.25, -0.2) is 0 Å². The van der Waals surface area contributed by atoms with Gasteiger partial charge in [0.1, 0.15) is 5.75 Å². The zero-order chi connectivity index (χ0) is 12.4. The van der Waals surface area contributed by atoms with Crippen LogP contribution in [0.3, 0.4) is 0 Å². The van der Waals surface area contributed by atoms with Crippen LogP contribution in [0.2, 0.25) is 0 Å². The van der Waals surface area contributed by atoms with Gasteiger partial charge in [-0.15, -0.1) is 11.3 Å². The molecule has 0 amide bonds. The van der Waals surface area contributed by atoms with Gasteiger partial charge in [0.25, 0.3) is 0 Å². The molecule has 1 aliphatic carbocycles. The van der Waals surface area contributed by atoms with E-state index in [4.69, 9.17) is 10.5 Å². The summed E-state index contributed by atoms with van der Waals surface area (Å²) in [6, 6.07) is 10.3. The van der Waals surface area contributed by atoms with E-state index in [-0.39, 0.29) is 0 Å². The van der Waals surface area contributed by atoms with Crippen LogP contribution < -0.4 is 10.5 Å². The van der Waals surface area contributed by atoms with Gasteiger partial charge in [-0.05, 0) is 55.0 Å². The Bertz CT molecular complexity index is 512. The first kappa shape index (κ1) is 11.6. The topological polar surface area (TPSA) is 35.2 Å². The van der Waals surface area contributed by atoms with Gasteiger partial charge in [0.15, 0.2) is 0 Å². The van der Waals surface area contributed by atoms with Crippen LogP contribution in [0.1, 0.15) is 25.7 Å². The van der Waals surface area contributed by atoms with E-state index in [2.05, 4.69) is 29.6 Å². The lowest BCUT2D eigenvalue weighted by molar-refractivity contribution is 0.210. The van der Waals surface area contributed by atoms with Crippen molar-refractivity contribution >= 4 is 16.3 Å². The number of benzene rings is 1. The van der Waals surface area contributed by atoms with E-state index in [9.17, 15) is 0 Å².